The third-order valence-corrected chi connectivity index (χ3v) is 7.58. The molecular formula is C31H29ClN4O3. The lowest BCUT2D eigenvalue weighted by Gasteiger charge is -2.36. The van der Waals surface area contributed by atoms with Crippen molar-refractivity contribution < 1.29 is 14.3 Å². The first kappa shape index (κ1) is 26.5. The monoisotopic (exact) mass is 540 g/mol. The zero-order chi connectivity index (χ0) is 27.5. The second kappa shape index (κ2) is 11.3. The van der Waals surface area contributed by atoms with E-state index >= 15 is 0 Å². The number of hydrogen-bond acceptors (Lipinski definition) is 5. The first-order valence-electron chi connectivity index (χ1n) is 13.2. The van der Waals surface area contributed by atoms with Gasteiger partial charge in [0.25, 0.3) is 11.8 Å². The van der Waals surface area contributed by atoms with E-state index in [1.165, 1.54) is 4.90 Å². The van der Waals surface area contributed by atoms with E-state index in [0.717, 1.165) is 43.4 Å². The fraction of sp³-hybridized carbons (Fsp3) is 0.290. The summed E-state index contributed by atoms with van der Waals surface area (Å²) in [5.74, 6) is -0.291. The molecule has 0 bridgehead atoms. The molecule has 198 valence electrons. The normalized spacial score (nSPS) is 17.6. The fourth-order valence-corrected chi connectivity index (χ4v) is 5.51. The molecule has 0 unspecified atom stereocenters. The van der Waals surface area contributed by atoms with Crippen molar-refractivity contribution in [1.29, 1.82) is 5.26 Å². The van der Waals surface area contributed by atoms with Crippen LogP contribution in [0.15, 0.2) is 71.4 Å². The first-order chi connectivity index (χ1) is 18.9. The van der Waals surface area contributed by atoms with Gasteiger partial charge < -0.3 is 4.74 Å². The summed E-state index contributed by atoms with van der Waals surface area (Å²) in [7, 11) is 0. The van der Waals surface area contributed by atoms with E-state index in [4.69, 9.17) is 21.4 Å². The number of amides is 2. The van der Waals surface area contributed by atoms with Crippen molar-refractivity contribution in [1.82, 2.24) is 14.7 Å². The van der Waals surface area contributed by atoms with Crippen LogP contribution in [0.4, 0.5) is 0 Å². The number of carbonyl (C=O) groups is 2. The standard InChI is InChI=1S/C31H29ClN4O3/c1-3-39-28-15-14-21(17-27(28)32)29-22(19-35(34-29)23-10-6-4-7-11-23)16-25-20(2)26(18-33)31(38)36(30(25)37)24-12-8-5-9-13-24/h4,6-7,10-11,14-17,19,24H,3,5,8-9,12-13H2,1-2H3/b25-16+. The van der Waals surface area contributed by atoms with Crippen LogP contribution in [0, 0.1) is 11.3 Å². The van der Waals surface area contributed by atoms with Gasteiger partial charge >= 0.3 is 0 Å². The molecule has 2 aromatic carbocycles. The molecule has 1 aliphatic heterocycles. The number of halogens is 1. The third-order valence-electron chi connectivity index (χ3n) is 7.28. The van der Waals surface area contributed by atoms with E-state index < -0.39 is 5.91 Å². The average molecular weight is 541 g/mol. The van der Waals surface area contributed by atoms with Crippen LogP contribution in [-0.2, 0) is 9.59 Å². The summed E-state index contributed by atoms with van der Waals surface area (Å²) in [6.45, 7) is 4.04. The minimum atomic E-state index is -0.498. The van der Waals surface area contributed by atoms with Gasteiger partial charge in [-0.2, -0.15) is 10.4 Å². The van der Waals surface area contributed by atoms with Crippen molar-refractivity contribution >= 4 is 29.5 Å². The van der Waals surface area contributed by atoms with Crippen LogP contribution in [-0.4, -0.2) is 39.1 Å². The SMILES string of the molecule is CCOc1ccc(-c2nn(-c3ccccc3)cc2/C=C2/C(=O)N(C3CCCCC3)C(=O)C(C#N)=C2C)cc1Cl. The minimum absolute atomic E-state index is 0.00698. The maximum Gasteiger partial charge on any atom is 0.271 e. The molecule has 39 heavy (non-hydrogen) atoms. The molecule has 0 radical (unpaired) electrons. The van der Waals surface area contributed by atoms with E-state index in [2.05, 4.69) is 6.07 Å². The van der Waals surface area contributed by atoms with Gasteiger partial charge in [0, 0.05) is 28.9 Å². The molecule has 1 saturated carbocycles. The van der Waals surface area contributed by atoms with Gasteiger partial charge in [0.2, 0.25) is 0 Å². The Morgan fingerprint density at radius 3 is 2.51 bits per heavy atom. The van der Waals surface area contributed by atoms with Crippen molar-refractivity contribution in [3.63, 3.8) is 0 Å². The number of aromatic nitrogens is 2. The summed E-state index contributed by atoms with van der Waals surface area (Å²) in [6, 6.07) is 17.0. The van der Waals surface area contributed by atoms with Crippen molar-refractivity contribution in [2.75, 3.05) is 6.61 Å². The molecule has 7 nitrogen and oxygen atoms in total. The van der Waals surface area contributed by atoms with Gasteiger partial charge in [-0.05, 0) is 68.7 Å². The average Bonchev–Trinajstić information content (AvgIpc) is 3.38. The first-order valence-corrected chi connectivity index (χ1v) is 13.6. The number of ether oxygens (including phenoxy) is 1. The molecule has 0 spiro atoms. The van der Waals surface area contributed by atoms with E-state index in [9.17, 15) is 14.9 Å². The zero-order valence-corrected chi connectivity index (χ0v) is 22.7. The molecule has 5 rings (SSSR count). The van der Waals surface area contributed by atoms with Gasteiger partial charge in [0.05, 0.1) is 17.3 Å². The number of nitriles is 1. The van der Waals surface area contributed by atoms with Crippen LogP contribution in [0.25, 0.3) is 23.0 Å². The Bertz CT molecular complexity index is 1520. The summed E-state index contributed by atoms with van der Waals surface area (Å²) in [6.07, 6.45) is 8.09. The highest BCUT2D eigenvalue weighted by Gasteiger charge is 2.40. The molecule has 1 aliphatic carbocycles. The smallest absolute Gasteiger partial charge is 0.271 e. The molecule has 2 aliphatic rings. The second-order valence-electron chi connectivity index (χ2n) is 9.73. The number of imide groups is 1. The Balaban J connectivity index is 1.66. The van der Waals surface area contributed by atoms with Gasteiger partial charge in [-0.25, -0.2) is 4.68 Å². The maximum absolute atomic E-state index is 13.8. The molecule has 2 amide bonds. The van der Waals surface area contributed by atoms with Crippen molar-refractivity contribution in [3.05, 3.63) is 82.0 Å². The highest BCUT2D eigenvalue weighted by molar-refractivity contribution is 6.32. The van der Waals surface area contributed by atoms with Crippen LogP contribution in [0.5, 0.6) is 5.75 Å². The fourth-order valence-electron chi connectivity index (χ4n) is 5.28. The van der Waals surface area contributed by atoms with Gasteiger partial charge in [-0.15, -0.1) is 0 Å². The third kappa shape index (κ3) is 5.13. The lowest BCUT2D eigenvalue weighted by atomic mass is 9.88. The van der Waals surface area contributed by atoms with Gasteiger partial charge in [0.15, 0.2) is 0 Å². The second-order valence-corrected chi connectivity index (χ2v) is 10.1. The Hall–Kier alpha value is -4.15. The molecule has 0 N–H and O–H groups in total. The highest BCUT2D eigenvalue weighted by Crippen LogP contribution is 2.36. The molecule has 0 atom stereocenters. The molecular weight excluding hydrogens is 512 g/mol. The number of nitrogens with zero attached hydrogens (tertiary/aromatic N) is 4. The Morgan fingerprint density at radius 1 is 1.10 bits per heavy atom. The van der Waals surface area contributed by atoms with Crippen molar-refractivity contribution in [2.24, 2.45) is 0 Å². The molecule has 1 fully saturated rings. The number of para-hydroxylation sites is 1. The van der Waals surface area contributed by atoms with Gasteiger partial charge in [-0.3, -0.25) is 14.5 Å². The topological polar surface area (TPSA) is 88.2 Å². The largest absolute Gasteiger partial charge is 0.492 e. The highest BCUT2D eigenvalue weighted by atomic mass is 35.5. The Kier molecular flexibility index (Phi) is 7.67. The van der Waals surface area contributed by atoms with Crippen LogP contribution in [0.2, 0.25) is 5.02 Å². The maximum atomic E-state index is 13.8. The molecule has 3 aromatic rings. The molecule has 8 heteroatoms. The number of benzene rings is 2. The number of carbonyl (C=O) groups excluding carboxylic acids is 2. The van der Waals surface area contributed by atoms with E-state index in [0.29, 0.717) is 39.8 Å². The summed E-state index contributed by atoms with van der Waals surface area (Å²) >= 11 is 6.51. The summed E-state index contributed by atoms with van der Waals surface area (Å²) in [5, 5.41) is 15.2. The van der Waals surface area contributed by atoms with Gasteiger partial charge in [0.1, 0.15) is 23.1 Å². The van der Waals surface area contributed by atoms with Gasteiger partial charge in [-0.1, -0.05) is 49.1 Å². The quantitative estimate of drug-likeness (QED) is 0.262. The van der Waals surface area contributed by atoms with Crippen molar-refractivity contribution in [3.8, 4) is 28.8 Å². The molecule has 2 heterocycles. The lowest BCUT2D eigenvalue weighted by Crippen LogP contribution is -2.49. The lowest BCUT2D eigenvalue weighted by molar-refractivity contribution is -0.143. The Morgan fingerprint density at radius 2 is 1.85 bits per heavy atom. The van der Waals surface area contributed by atoms with E-state index in [-0.39, 0.29) is 17.5 Å². The molecule has 0 saturated heterocycles. The van der Waals surface area contributed by atoms with Crippen LogP contribution in [0.1, 0.15) is 51.5 Å². The van der Waals surface area contributed by atoms with Crippen LogP contribution in [0.3, 0.4) is 0 Å². The van der Waals surface area contributed by atoms with Crippen LogP contribution >= 0.6 is 11.6 Å². The van der Waals surface area contributed by atoms with E-state index in [1.807, 2.05) is 49.5 Å². The predicted octanol–water partition coefficient (Wildman–Crippen LogP) is 6.52. The Labute approximate surface area is 232 Å². The molecule has 1 aromatic heterocycles. The van der Waals surface area contributed by atoms with Crippen LogP contribution < -0.4 is 4.74 Å². The summed E-state index contributed by atoms with van der Waals surface area (Å²) < 4.78 is 7.34. The number of rotatable bonds is 6. The van der Waals surface area contributed by atoms with E-state index in [1.54, 1.807) is 29.8 Å². The predicted molar refractivity (Wildman–Crippen MR) is 150 cm³/mol. The number of hydrogen-bond donors (Lipinski definition) is 0. The van der Waals surface area contributed by atoms with Crippen molar-refractivity contribution in [2.45, 2.75) is 52.0 Å². The summed E-state index contributed by atoms with van der Waals surface area (Å²) in [4.78, 5) is 28.4. The summed E-state index contributed by atoms with van der Waals surface area (Å²) in [5.41, 5.74) is 3.57. The minimum Gasteiger partial charge on any atom is -0.492 e. The zero-order valence-electron chi connectivity index (χ0n) is 22.0.